The van der Waals surface area contributed by atoms with E-state index in [0.717, 1.165) is 42.0 Å². The smallest absolute Gasteiger partial charge is 0.156 e. The molecule has 2 aromatic heterocycles. The van der Waals surface area contributed by atoms with E-state index in [2.05, 4.69) is 43.3 Å². The first-order valence-corrected chi connectivity index (χ1v) is 6.93. The lowest BCUT2D eigenvalue weighted by Gasteiger charge is -2.32. The molecule has 1 N–H and O–H groups in total. The molecule has 3 rings (SSSR count). The molecule has 5 nitrogen and oxygen atoms in total. The van der Waals surface area contributed by atoms with E-state index >= 15 is 0 Å². The van der Waals surface area contributed by atoms with Crippen LogP contribution < -0.4 is 5.32 Å². The Labute approximate surface area is 114 Å². The number of nitrogens with zero attached hydrogens (tertiary/aromatic N) is 4. The van der Waals surface area contributed by atoms with Gasteiger partial charge in [-0.3, -0.25) is 0 Å². The Morgan fingerprint density at radius 1 is 1.56 bits per heavy atom. The van der Waals surface area contributed by atoms with Crippen LogP contribution in [-0.4, -0.2) is 52.2 Å². The fraction of sp³-hybridized carbons (Fsp3) is 0.500. The third-order valence-electron chi connectivity index (χ3n) is 3.41. The van der Waals surface area contributed by atoms with E-state index in [4.69, 9.17) is 0 Å². The second-order valence-corrected chi connectivity index (χ2v) is 5.63. The van der Waals surface area contributed by atoms with Crippen LogP contribution in [0.15, 0.2) is 22.8 Å². The normalized spacial score (nSPS) is 21.6. The lowest BCUT2D eigenvalue weighted by atomic mass is 10.1. The van der Waals surface area contributed by atoms with Crippen molar-refractivity contribution in [2.75, 3.05) is 26.7 Å². The molecule has 1 aliphatic heterocycles. The van der Waals surface area contributed by atoms with Crippen LogP contribution >= 0.6 is 15.9 Å². The fourth-order valence-corrected chi connectivity index (χ4v) is 2.61. The quantitative estimate of drug-likeness (QED) is 0.897. The molecule has 1 fully saturated rings. The van der Waals surface area contributed by atoms with Crippen LogP contribution in [0.5, 0.6) is 0 Å². The standard InChI is InChI=1S/C12H16BrN5/c1-17-5-3-14-8-10(17)7-11-15-12-6-9(13)2-4-18(12)16-11/h2,4,6,10,14H,3,5,7-8H2,1H3. The Hall–Kier alpha value is -0.980. The number of piperazine rings is 1. The van der Waals surface area contributed by atoms with Crippen molar-refractivity contribution in [2.45, 2.75) is 12.5 Å². The number of hydrogen-bond acceptors (Lipinski definition) is 4. The SMILES string of the molecule is CN1CCNCC1Cc1nc2cc(Br)ccn2n1. The zero-order chi connectivity index (χ0) is 12.5. The van der Waals surface area contributed by atoms with Crippen molar-refractivity contribution >= 4 is 21.6 Å². The van der Waals surface area contributed by atoms with Gasteiger partial charge in [0.15, 0.2) is 11.5 Å². The first-order valence-electron chi connectivity index (χ1n) is 6.14. The van der Waals surface area contributed by atoms with Crippen molar-refractivity contribution < 1.29 is 0 Å². The van der Waals surface area contributed by atoms with Crippen LogP contribution in [0, 0.1) is 0 Å². The van der Waals surface area contributed by atoms with Gasteiger partial charge >= 0.3 is 0 Å². The van der Waals surface area contributed by atoms with Crippen LogP contribution in [0.25, 0.3) is 5.65 Å². The highest BCUT2D eigenvalue weighted by Crippen LogP contribution is 2.13. The van der Waals surface area contributed by atoms with Crippen LogP contribution in [0.2, 0.25) is 0 Å². The molecule has 0 aliphatic carbocycles. The van der Waals surface area contributed by atoms with E-state index in [1.165, 1.54) is 0 Å². The van der Waals surface area contributed by atoms with Gasteiger partial charge in [-0.1, -0.05) is 15.9 Å². The van der Waals surface area contributed by atoms with Crippen LogP contribution in [0.4, 0.5) is 0 Å². The molecule has 0 aromatic carbocycles. The summed E-state index contributed by atoms with van der Waals surface area (Å²) in [7, 11) is 2.16. The number of nitrogens with one attached hydrogen (secondary N) is 1. The maximum absolute atomic E-state index is 4.57. The third-order valence-corrected chi connectivity index (χ3v) is 3.90. The summed E-state index contributed by atoms with van der Waals surface area (Å²) in [5.41, 5.74) is 0.894. The van der Waals surface area contributed by atoms with Gasteiger partial charge in [0.2, 0.25) is 0 Å². The molecule has 1 unspecified atom stereocenters. The molecule has 0 bridgehead atoms. The van der Waals surface area contributed by atoms with Gasteiger partial charge in [-0.05, 0) is 19.2 Å². The summed E-state index contributed by atoms with van der Waals surface area (Å²) >= 11 is 3.45. The van der Waals surface area contributed by atoms with Gasteiger partial charge in [0.25, 0.3) is 0 Å². The van der Waals surface area contributed by atoms with Gasteiger partial charge in [0.05, 0.1) is 0 Å². The summed E-state index contributed by atoms with van der Waals surface area (Å²) in [6, 6.07) is 4.44. The molecule has 6 heteroatoms. The molecular formula is C12H16BrN5. The maximum atomic E-state index is 4.57. The molecular weight excluding hydrogens is 294 g/mol. The van der Waals surface area contributed by atoms with Crippen LogP contribution in [-0.2, 0) is 6.42 Å². The Morgan fingerprint density at radius 3 is 3.28 bits per heavy atom. The highest BCUT2D eigenvalue weighted by atomic mass is 79.9. The zero-order valence-electron chi connectivity index (χ0n) is 10.3. The highest BCUT2D eigenvalue weighted by Gasteiger charge is 2.20. The monoisotopic (exact) mass is 309 g/mol. The Bertz CT molecular complexity index is 552. The van der Waals surface area contributed by atoms with E-state index in [1.807, 2.05) is 22.8 Å². The molecule has 0 radical (unpaired) electrons. The van der Waals surface area contributed by atoms with Crippen molar-refractivity contribution in [3.8, 4) is 0 Å². The van der Waals surface area contributed by atoms with Crippen molar-refractivity contribution in [1.29, 1.82) is 0 Å². The summed E-state index contributed by atoms with van der Waals surface area (Å²) in [4.78, 5) is 6.94. The second kappa shape index (κ2) is 4.95. The summed E-state index contributed by atoms with van der Waals surface area (Å²) in [5, 5.41) is 7.93. The predicted molar refractivity (Wildman–Crippen MR) is 73.7 cm³/mol. The molecule has 0 saturated carbocycles. The zero-order valence-corrected chi connectivity index (χ0v) is 11.9. The molecule has 1 saturated heterocycles. The number of fused-ring (bicyclic) bond motifs is 1. The van der Waals surface area contributed by atoms with Gasteiger partial charge in [-0.25, -0.2) is 9.50 Å². The minimum absolute atomic E-state index is 0.486. The summed E-state index contributed by atoms with van der Waals surface area (Å²) in [6.07, 6.45) is 2.82. The Morgan fingerprint density at radius 2 is 2.44 bits per heavy atom. The number of rotatable bonds is 2. The molecule has 96 valence electrons. The molecule has 1 atom stereocenters. The number of likely N-dealkylation sites (N-methyl/N-ethyl adjacent to an activating group) is 1. The van der Waals surface area contributed by atoms with E-state index in [9.17, 15) is 0 Å². The lowest BCUT2D eigenvalue weighted by molar-refractivity contribution is 0.197. The summed E-state index contributed by atoms with van der Waals surface area (Å²) < 4.78 is 2.86. The minimum Gasteiger partial charge on any atom is -0.314 e. The number of aromatic nitrogens is 3. The van der Waals surface area contributed by atoms with Crippen LogP contribution in [0.3, 0.4) is 0 Å². The van der Waals surface area contributed by atoms with Crippen molar-refractivity contribution in [2.24, 2.45) is 0 Å². The minimum atomic E-state index is 0.486. The molecule has 0 spiro atoms. The van der Waals surface area contributed by atoms with Gasteiger partial charge in [-0.15, -0.1) is 0 Å². The molecule has 0 amide bonds. The van der Waals surface area contributed by atoms with E-state index in [1.54, 1.807) is 0 Å². The number of hydrogen-bond donors (Lipinski definition) is 1. The average molecular weight is 310 g/mol. The lowest BCUT2D eigenvalue weighted by Crippen LogP contribution is -2.50. The Balaban J connectivity index is 1.81. The molecule has 18 heavy (non-hydrogen) atoms. The molecule has 1 aliphatic rings. The number of pyridine rings is 1. The average Bonchev–Trinajstić information content (AvgIpc) is 2.73. The van der Waals surface area contributed by atoms with Crippen molar-refractivity contribution in [3.63, 3.8) is 0 Å². The highest BCUT2D eigenvalue weighted by molar-refractivity contribution is 9.10. The predicted octanol–water partition coefficient (Wildman–Crippen LogP) is 0.938. The third kappa shape index (κ3) is 2.41. The summed E-state index contributed by atoms with van der Waals surface area (Å²) in [5.74, 6) is 0.911. The largest absolute Gasteiger partial charge is 0.314 e. The van der Waals surface area contributed by atoms with Crippen LogP contribution in [0.1, 0.15) is 5.82 Å². The fourth-order valence-electron chi connectivity index (χ4n) is 2.29. The van der Waals surface area contributed by atoms with Crippen molar-refractivity contribution in [3.05, 3.63) is 28.6 Å². The van der Waals surface area contributed by atoms with Gasteiger partial charge in [0.1, 0.15) is 0 Å². The van der Waals surface area contributed by atoms with Crippen molar-refractivity contribution in [1.82, 2.24) is 24.8 Å². The van der Waals surface area contributed by atoms with E-state index < -0.39 is 0 Å². The maximum Gasteiger partial charge on any atom is 0.156 e. The first-order chi connectivity index (χ1) is 8.72. The molecule has 2 aromatic rings. The topological polar surface area (TPSA) is 45.5 Å². The van der Waals surface area contributed by atoms with Gasteiger partial charge in [-0.2, -0.15) is 5.10 Å². The van der Waals surface area contributed by atoms with Gasteiger partial charge in [0, 0.05) is 42.8 Å². The number of halogens is 1. The Kier molecular flexibility index (Phi) is 3.32. The van der Waals surface area contributed by atoms with E-state index in [-0.39, 0.29) is 0 Å². The van der Waals surface area contributed by atoms with E-state index in [0.29, 0.717) is 6.04 Å². The summed E-state index contributed by atoms with van der Waals surface area (Å²) in [6.45, 7) is 3.16. The molecule has 3 heterocycles. The second-order valence-electron chi connectivity index (χ2n) is 4.72. The first kappa shape index (κ1) is 12.1. The van der Waals surface area contributed by atoms with Gasteiger partial charge < -0.3 is 10.2 Å².